The molecule has 0 heterocycles. The van der Waals surface area contributed by atoms with Gasteiger partial charge in [-0.2, -0.15) is 0 Å². The smallest absolute Gasteiger partial charge is 0.354 e. The standard InChI is InChI=1S/C15H15NO8/c1-23-13(19)7-11(15(22)24-2)16-9-4-3-8(5-12(17)18)10(6-9)14(20)21/h3-4,6-7,16H,5H2,1-2H3,(H,17,18)(H,20,21)/b11-7+. The first-order valence-corrected chi connectivity index (χ1v) is 6.51. The first-order chi connectivity index (χ1) is 11.3. The Morgan fingerprint density at radius 3 is 2.29 bits per heavy atom. The Kier molecular flexibility index (Phi) is 6.48. The summed E-state index contributed by atoms with van der Waals surface area (Å²) in [4.78, 5) is 44.9. The number of esters is 2. The molecule has 24 heavy (non-hydrogen) atoms. The van der Waals surface area contributed by atoms with Crippen LogP contribution in [0.3, 0.4) is 0 Å². The molecular weight excluding hydrogens is 322 g/mol. The third-order valence-electron chi connectivity index (χ3n) is 2.83. The fraction of sp³-hybridized carbons (Fsp3) is 0.200. The van der Waals surface area contributed by atoms with E-state index in [0.717, 1.165) is 26.4 Å². The van der Waals surface area contributed by atoms with Crippen molar-refractivity contribution < 1.29 is 38.9 Å². The summed E-state index contributed by atoms with van der Waals surface area (Å²) in [5, 5.41) is 20.5. The van der Waals surface area contributed by atoms with E-state index in [4.69, 9.17) is 5.11 Å². The number of ether oxygens (including phenoxy) is 2. The molecule has 1 aromatic carbocycles. The molecule has 0 aliphatic rings. The van der Waals surface area contributed by atoms with Gasteiger partial charge in [0.1, 0.15) is 5.70 Å². The fourth-order valence-corrected chi connectivity index (χ4v) is 1.76. The average Bonchev–Trinajstić information content (AvgIpc) is 2.53. The zero-order valence-corrected chi connectivity index (χ0v) is 12.9. The van der Waals surface area contributed by atoms with Crippen LogP contribution >= 0.6 is 0 Å². The molecule has 0 saturated heterocycles. The highest BCUT2D eigenvalue weighted by molar-refractivity contribution is 5.99. The molecule has 0 fully saturated rings. The quantitative estimate of drug-likeness (QED) is 0.483. The largest absolute Gasteiger partial charge is 0.481 e. The summed E-state index contributed by atoms with van der Waals surface area (Å²) in [6.07, 6.45) is 0.376. The van der Waals surface area contributed by atoms with E-state index in [-0.39, 0.29) is 22.5 Å². The number of hydrogen-bond donors (Lipinski definition) is 3. The average molecular weight is 337 g/mol. The predicted octanol–water partition coefficient (Wildman–Crippen LogP) is 0.654. The minimum absolute atomic E-state index is 0.0946. The number of aliphatic carboxylic acids is 1. The van der Waals surface area contributed by atoms with Crippen LogP contribution in [-0.4, -0.2) is 48.3 Å². The van der Waals surface area contributed by atoms with Crippen LogP contribution in [0, 0.1) is 0 Å². The number of hydrogen-bond acceptors (Lipinski definition) is 7. The molecule has 9 nitrogen and oxygen atoms in total. The molecule has 0 radical (unpaired) electrons. The van der Waals surface area contributed by atoms with E-state index in [2.05, 4.69) is 14.8 Å². The van der Waals surface area contributed by atoms with Gasteiger partial charge in [-0.05, 0) is 17.7 Å². The lowest BCUT2D eigenvalue weighted by molar-refractivity contribution is -0.138. The lowest BCUT2D eigenvalue weighted by Crippen LogP contribution is -2.16. The number of carboxylic acids is 2. The Balaban J connectivity index is 3.20. The number of rotatable bonds is 7. The minimum Gasteiger partial charge on any atom is -0.481 e. The van der Waals surface area contributed by atoms with Crippen molar-refractivity contribution in [1.29, 1.82) is 0 Å². The third-order valence-corrected chi connectivity index (χ3v) is 2.83. The van der Waals surface area contributed by atoms with Gasteiger partial charge >= 0.3 is 23.9 Å². The lowest BCUT2D eigenvalue weighted by Gasteiger charge is -2.11. The van der Waals surface area contributed by atoms with Crippen LogP contribution in [0.5, 0.6) is 0 Å². The van der Waals surface area contributed by atoms with Gasteiger partial charge in [-0.3, -0.25) is 4.79 Å². The van der Waals surface area contributed by atoms with Crippen molar-refractivity contribution >= 4 is 29.6 Å². The summed E-state index contributed by atoms with van der Waals surface area (Å²) in [6.45, 7) is 0. The van der Waals surface area contributed by atoms with Crippen LogP contribution in [0.2, 0.25) is 0 Å². The van der Waals surface area contributed by atoms with Crippen LogP contribution in [0.1, 0.15) is 15.9 Å². The van der Waals surface area contributed by atoms with Gasteiger partial charge in [-0.25, -0.2) is 14.4 Å². The SMILES string of the molecule is COC(=O)/C=C(/Nc1ccc(CC(=O)O)c(C(=O)O)c1)C(=O)OC. The van der Waals surface area contributed by atoms with Crippen LogP contribution < -0.4 is 5.32 Å². The number of carbonyl (C=O) groups excluding carboxylic acids is 2. The predicted molar refractivity (Wildman–Crippen MR) is 80.5 cm³/mol. The van der Waals surface area contributed by atoms with Crippen molar-refractivity contribution in [1.82, 2.24) is 0 Å². The summed E-state index contributed by atoms with van der Waals surface area (Å²) in [5.74, 6) is -4.19. The second kappa shape index (κ2) is 8.32. The van der Waals surface area contributed by atoms with Crippen molar-refractivity contribution in [3.05, 3.63) is 41.1 Å². The Morgan fingerprint density at radius 2 is 1.79 bits per heavy atom. The zero-order chi connectivity index (χ0) is 18.3. The molecule has 9 heteroatoms. The van der Waals surface area contributed by atoms with Crippen molar-refractivity contribution in [2.45, 2.75) is 6.42 Å². The summed E-state index contributed by atoms with van der Waals surface area (Å²) < 4.78 is 8.93. The van der Waals surface area contributed by atoms with Gasteiger partial charge in [-0.15, -0.1) is 0 Å². The van der Waals surface area contributed by atoms with E-state index in [9.17, 15) is 24.3 Å². The highest BCUT2D eigenvalue weighted by atomic mass is 16.5. The maximum atomic E-state index is 11.6. The number of nitrogens with one attached hydrogen (secondary N) is 1. The van der Waals surface area contributed by atoms with Crippen LogP contribution in [0.4, 0.5) is 5.69 Å². The molecule has 0 amide bonds. The number of benzene rings is 1. The van der Waals surface area contributed by atoms with Crippen LogP contribution in [0.25, 0.3) is 0 Å². The Labute approximate surface area is 136 Å². The van der Waals surface area contributed by atoms with Crippen LogP contribution in [0.15, 0.2) is 30.0 Å². The molecule has 0 aliphatic carbocycles. The number of aromatic carboxylic acids is 1. The molecule has 0 spiro atoms. The fourth-order valence-electron chi connectivity index (χ4n) is 1.76. The Morgan fingerprint density at radius 1 is 1.12 bits per heavy atom. The second-order valence-electron chi connectivity index (χ2n) is 4.45. The summed E-state index contributed by atoms with van der Waals surface area (Å²) in [5.41, 5.74) is -0.268. The molecule has 0 atom stereocenters. The summed E-state index contributed by atoms with van der Waals surface area (Å²) in [6, 6.07) is 3.82. The van der Waals surface area contributed by atoms with Gasteiger partial charge < -0.3 is 25.0 Å². The lowest BCUT2D eigenvalue weighted by atomic mass is 10.0. The van der Waals surface area contributed by atoms with Crippen molar-refractivity contribution in [3.63, 3.8) is 0 Å². The zero-order valence-electron chi connectivity index (χ0n) is 12.9. The topological polar surface area (TPSA) is 139 Å². The Hall–Kier alpha value is -3.36. The van der Waals surface area contributed by atoms with E-state index in [1.807, 2.05) is 0 Å². The number of carboxylic acid groups (broad SMARTS) is 2. The van der Waals surface area contributed by atoms with Gasteiger partial charge in [0.05, 0.1) is 32.3 Å². The number of carbonyl (C=O) groups is 4. The molecule has 3 N–H and O–H groups in total. The first kappa shape index (κ1) is 18.7. The van der Waals surface area contributed by atoms with Gasteiger partial charge in [-0.1, -0.05) is 6.07 Å². The van der Waals surface area contributed by atoms with Gasteiger partial charge in [0.2, 0.25) is 0 Å². The molecule has 0 saturated carbocycles. The highest BCUT2D eigenvalue weighted by Gasteiger charge is 2.17. The molecule has 1 rings (SSSR count). The maximum Gasteiger partial charge on any atom is 0.354 e. The molecular formula is C15H15NO8. The van der Waals surface area contributed by atoms with Crippen molar-refractivity contribution in [2.24, 2.45) is 0 Å². The van der Waals surface area contributed by atoms with E-state index in [0.29, 0.717) is 0 Å². The van der Waals surface area contributed by atoms with E-state index in [1.54, 1.807) is 0 Å². The summed E-state index contributed by atoms with van der Waals surface area (Å²) >= 11 is 0. The minimum atomic E-state index is -1.33. The highest BCUT2D eigenvalue weighted by Crippen LogP contribution is 2.19. The van der Waals surface area contributed by atoms with E-state index in [1.165, 1.54) is 12.1 Å². The molecule has 0 unspecified atom stereocenters. The van der Waals surface area contributed by atoms with Gasteiger partial charge in [0.15, 0.2) is 0 Å². The van der Waals surface area contributed by atoms with E-state index >= 15 is 0 Å². The second-order valence-corrected chi connectivity index (χ2v) is 4.45. The third kappa shape index (κ3) is 5.13. The van der Waals surface area contributed by atoms with E-state index < -0.39 is 30.3 Å². The first-order valence-electron chi connectivity index (χ1n) is 6.51. The monoisotopic (exact) mass is 337 g/mol. The summed E-state index contributed by atoms with van der Waals surface area (Å²) in [7, 11) is 2.23. The van der Waals surface area contributed by atoms with Crippen LogP contribution in [-0.2, 0) is 30.3 Å². The normalized spacial score (nSPS) is 10.7. The molecule has 0 bridgehead atoms. The Bertz CT molecular complexity index is 707. The van der Waals surface area contributed by atoms with Crippen molar-refractivity contribution in [3.8, 4) is 0 Å². The molecule has 0 aromatic heterocycles. The number of methoxy groups -OCH3 is 2. The maximum absolute atomic E-state index is 11.6. The van der Waals surface area contributed by atoms with Gasteiger partial charge in [0.25, 0.3) is 0 Å². The number of anilines is 1. The van der Waals surface area contributed by atoms with Gasteiger partial charge in [0, 0.05) is 5.69 Å². The molecule has 1 aromatic rings. The molecule has 128 valence electrons. The molecule has 0 aliphatic heterocycles. The van der Waals surface area contributed by atoms with Crippen molar-refractivity contribution in [2.75, 3.05) is 19.5 Å².